The Hall–Kier alpha value is -5.84. The first-order valence-electron chi connectivity index (χ1n) is 15.4. The van der Waals surface area contributed by atoms with Gasteiger partial charge in [0.15, 0.2) is 5.82 Å². The number of hydrogen-bond donors (Lipinski definition) is 0. The number of anilines is 3. The Morgan fingerprint density at radius 1 is 0.457 bits per heavy atom. The van der Waals surface area contributed by atoms with E-state index in [1.807, 2.05) is 35.6 Å². The molecule has 6 aromatic carbocycles. The Balaban J connectivity index is 1.25. The topological polar surface area (TPSA) is 29.0 Å². The lowest BCUT2D eigenvalue weighted by atomic mass is 9.99. The highest BCUT2D eigenvalue weighted by Gasteiger charge is 2.28. The van der Waals surface area contributed by atoms with Crippen LogP contribution < -0.4 is 4.90 Å². The second-order valence-corrected chi connectivity index (χ2v) is 12.5. The molecule has 0 saturated carbocycles. The van der Waals surface area contributed by atoms with Gasteiger partial charge in [-0.3, -0.25) is 0 Å². The molecule has 0 atom stereocenters. The molecule has 0 fully saturated rings. The van der Waals surface area contributed by atoms with Gasteiger partial charge in [0.05, 0.1) is 22.8 Å². The van der Waals surface area contributed by atoms with Gasteiger partial charge in [0, 0.05) is 54.0 Å². The van der Waals surface area contributed by atoms with Gasteiger partial charge in [-0.25, -0.2) is 9.97 Å². The van der Waals surface area contributed by atoms with E-state index in [1.54, 1.807) is 0 Å². The van der Waals surface area contributed by atoms with E-state index in [9.17, 15) is 0 Å². The van der Waals surface area contributed by atoms with Gasteiger partial charge in [-0.05, 0) is 36.4 Å². The van der Waals surface area contributed by atoms with Gasteiger partial charge in [-0.2, -0.15) is 0 Å². The molecule has 1 aliphatic heterocycles. The molecule has 3 heterocycles. The van der Waals surface area contributed by atoms with Crippen molar-refractivity contribution in [2.45, 2.75) is 0 Å². The summed E-state index contributed by atoms with van der Waals surface area (Å²) in [5, 5.41) is 1.29. The van der Waals surface area contributed by atoms with Gasteiger partial charge in [0.1, 0.15) is 0 Å². The zero-order valence-electron chi connectivity index (χ0n) is 24.8. The van der Waals surface area contributed by atoms with Crippen LogP contribution in [0.3, 0.4) is 0 Å². The molecular formula is C42H27N3S. The van der Waals surface area contributed by atoms with Crippen LogP contribution in [0.15, 0.2) is 164 Å². The Morgan fingerprint density at radius 2 is 1.04 bits per heavy atom. The minimum absolute atomic E-state index is 0.712. The lowest BCUT2D eigenvalue weighted by molar-refractivity contribution is 1.18. The molecule has 3 nitrogen and oxygen atoms in total. The number of fused-ring (bicyclic) bond motifs is 7. The molecule has 46 heavy (non-hydrogen) atoms. The van der Waals surface area contributed by atoms with E-state index < -0.39 is 0 Å². The maximum atomic E-state index is 5.12. The maximum Gasteiger partial charge on any atom is 0.160 e. The van der Waals surface area contributed by atoms with Crippen LogP contribution in [0, 0.1) is 0 Å². The monoisotopic (exact) mass is 605 g/mol. The van der Waals surface area contributed by atoms with Crippen molar-refractivity contribution in [2.75, 3.05) is 4.90 Å². The molecule has 0 spiro atoms. The Kier molecular flexibility index (Phi) is 6.32. The minimum Gasteiger partial charge on any atom is -0.309 e. The largest absolute Gasteiger partial charge is 0.309 e. The number of aromatic nitrogens is 2. The smallest absolute Gasteiger partial charge is 0.160 e. The van der Waals surface area contributed by atoms with E-state index in [2.05, 4.69) is 144 Å². The number of nitrogens with zero attached hydrogens (tertiary/aromatic N) is 3. The number of hydrogen-bond acceptors (Lipinski definition) is 4. The van der Waals surface area contributed by atoms with E-state index in [4.69, 9.17) is 9.97 Å². The number of para-hydroxylation sites is 2. The summed E-state index contributed by atoms with van der Waals surface area (Å²) in [7, 11) is 0. The minimum atomic E-state index is 0.712. The summed E-state index contributed by atoms with van der Waals surface area (Å²) in [4.78, 5) is 13.8. The van der Waals surface area contributed by atoms with Gasteiger partial charge >= 0.3 is 0 Å². The molecule has 0 saturated heterocycles. The molecule has 4 heteroatoms. The summed E-state index contributed by atoms with van der Waals surface area (Å²) >= 11 is 1.87. The Bertz CT molecular complexity index is 2320. The fraction of sp³-hybridized carbons (Fsp3) is 0. The third-order valence-electron chi connectivity index (χ3n) is 8.63. The summed E-state index contributed by atoms with van der Waals surface area (Å²) in [6.45, 7) is 0. The first-order chi connectivity index (χ1) is 22.8. The van der Waals surface area contributed by atoms with Crippen molar-refractivity contribution in [1.29, 1.82) is 0 Å². The SMILES string of the molecule is c1ccc(-c2cc(-c3cccc(N4c5ccccc5-c5sc6ccccc6c5-c5ccccc54)c3)nc(-c3ccccc3)n2)cc1. The van der Waals surface area contributed by atoms with Gasteiger partial charge in [-0.1, -0.05) is 127 Å². The van der Waals surface area contributed by atoms with Crippen LogP contribution in [0.1, 0.15) is 0 Å². The van der Waals surface area contributed by atoms with Gasteiger partial charge in [0.2, 0.25) is 0 Å². The number of benzene rings is 6. The predicted molar refractivity (Wildman–Crippen MR) is 193 cm³/mol. The van der Waals surface area contributed by atoms with Gasteiger partial charge in [-0.15, -0.1) is 11.3 Å². The molecule has 9 rings (SSSR count). The van der Waals surface area contributed by atoms with Crippen molar-refractivity contribution in [3.63, 3.8) is 0 Å². The van der Waals surface area contributed by atoms with Crippen molar-refractivity contribution < 1.29 is 0 Å². The predicted octanol–water partition coefficient (Wildman–Crippen LogP) is 11.8. The van der Waals surface area contributed by atoms with Crippen molar-refractivity contribution in [1.82, 2.24) is 9.97 Å². The highest BCUT2D eigenvalue weighted by atomic mass is 32.1. The second kappa shape index (κ2) is 11.0. The first kappa shape index (κ1) is 26.6. The zero-order valence-corrected chi connectivity index (χ0v) is 25.7. The van der Waals surface area contributed by atoms with Gasteiger partial charge in [0.25, 0.3) is 0 Å². The van der Waals surface area contributed by atoms with Crippen LogP contribution in [-0.2, 0) is 0 Å². The molecule has 216 valence electrons. The summed E-state index contributed by atoms with van der Waals surface area (Å²) in [6, 6.07) is 57.8. The number of rotatable bonds is 4. The van der Waals surface area contributed by atoms with E-state index in [0.29, 0.717) is 5.82 Å². The molecule has 0 N–H and O–H groups in total. The van der Waals surface area contributed by atoms with E-state index >= 15 is 0 Å². The Labute approximate surface area is 271 Å². The van der Waals surface area contributed by atoms with Gasteiger partial charge < -0.3 is 4.90 Å². The summed E-state index contributed by atoms with van der Waals surface area (Å²) in [6.07, 6.45) is 0. The third kappa shape index (κ3) is 4.42. The summed E-state index contributed by atoms with van der Waals surface area (Å²) in [5.41, 5.74) is 12.1. The molecule has 0 bridgehead atoms. The lowest BCUT2D eigenvalue weighted by Crippen LogP contribution is -2.11. The van der Waals surface area contributed by atoms with Crippen molar-refractivity contribution in [2.24, 2.45) is 0 Å². The molecular weight excluding hydrogens is 579 g/mol. The average Bonchev–Trinajstić information content (AvgIpc) is 3.47. The van der Waals surface area contributed by atoms with Crippen LogP contribution in [0.25, 0.3) is 65.6 Å². The van der Waals surface area contributed by atoms with E-state index in [1.165, 1.54) is 31.7 Å². The van der Waals surface area contributed by atoms with Crippen molar-refractivity contribution in [3.8, 4) is 55.5 Å². The van der Waals surface area contributed by atoms with Crippen LogP contribution >= 0.6 is 11.3 Å². The van der Waals surface area contributed by atoms with Crippen LogP contribution in [0.4, 0.5) is 17.1 Å². The van der Waals surface area contributed by atoms with Crippen LogP contribution in [0.2, 0.25) is 0 Å². The molecule has 0 aliphatic carbocycles. The summed E-state index contributed by atoms with van der Waals surface area (Å²) in [5.74, 6) is 0.712. The molecule has 8 aromatic rings. The second-order valence-electron chi connectivity index (χ2n) is 11.4. The fourth-order valence-corrected chi connectivity index (χ4v) is 7.77. The lowest BCUT2D eigenvalue weighted by Gasteiger charge is -2.27. The molecule has 0 unspecified atom stereocenters. The molecule has 0 amide bonds. The standard InChI is InChI=1S/C42H27N3S/c1-3-14-28(15-4-1)35-27-36(44-42(43-35)29-16-5-2-6-17-29)30-18-13-19-31(26-30)45-37-23-10-7-20-32(37)40-34-22-9-12-25-39(34)46-41(40)33-21-8-11-24-38(33)45/h1-27H. The van der Waals surface area contributed by atoms with Crippen LogP contribution in [0.5, 0.6) is 0 Å². The molecule has 2 aromatic heterocycles. The highest BCUT2D eigenvalue weighted by Crippen LogP contribution is 2.55. The van der Waals surface area contributed by atoms with Crippen LogP contribution in [-0.4, -0.2) is 9.97 Å². The number of thiophene rings is 1. The third-order valence-corrected chi connectivity index (χ3v) is 9.83. The maximum absolute atomic E-state index is 5.12. The molecule has 0 radical (unpaired) electrons. The van der Waals surface area contributed by atoms with E-state index in [-0.39, 0.29) is 0 Å². The molecule has 1 aliphatic rings. The quantitative estimate of drug-likeness (QED) is 0.200. The van der Waals surface area contributed by atoms with E-state index in [0.717, 1.165) is 45.1 Å². The van der Waals surface area contributed by atoms with Crippen molar-refractivity contribution >= 4 is 38.5 Å². The van der Waals surface area contributed by atoms with Crippen molar-refractivity contribution in [3.05, 3.63) is 164 Å². The average molecular weight is 606 g/mol. The fourth-order valence-electron chi connectivity index (χ4n) is 6.52. The normalized spacial score (nSPS) is 11.9. The summed E-state index contributed by atoms with van der Waals surface area (Å²) < 4.78 is 1.31. The first-order valence-corrected chi connectivity index (χ1v) is 16.2. The Morgan fingerprint density at radius 3 is 1.83 bits per heavy atom. The highest BCUT2D eigenvalue weighted by molar-refractivity contribution is 7.23. The zero-order chi connectivity index (χ0) is 30.5.